The van der Waals surface area contributed by atoms with Crippen molar-refractivity contribution in [3.05, 3.63) is 29.3 Å². The number of aliphatic hydroxyl groups excluding tert-OH is 1. The molecular weight excluding hydrogens is 352 g/mol. The molecule has 1 aromatic carbocycles. The summed E-state index contributed by atoms with van der Waals surface area (Å²) in [5.41, 5.74) is 1.57. The van der Waals surface area contributed by atoms with Gasteiger partial charge >= 0.3 is 6.61 Å². The quantitative estimate of drug-likeness (QED) is 0.401. The molecule has 0 bridgehead atoms. The van der Waals surface area contributed by atoms with Crippen molar-refractivity contribution in [2.45, 2.75) is 53.7 Å². The van der Waals surface area contributed by atoms with E-state index in [4.69, 9.17) is 0 Å². The zero-order valence-electron chi connectivity index (χ0n) is 16.8. The van der Waals surface area contributed by atoms with Gasteiger partial charge < -0.3 is 20.5 Å². The zero-order valence-corrected chi connectivity index (χ0v) is 16.8. The maximum absolute atomic E-state index is 12.6. The predicted molar refractivity (Wildman–Crippen MR) is 105 cm³/mol. The Hall–Kier alpha value is -1.89. The molecule has 0 aromatic heterocycles. The van der Waals surface area contributed by atoms with Crippen molar-refractivity contribution in [2.24, 2.45) is 16.8 Å². The van der Waals surface area contributed by atoms with E-state index in [2.05, 4.69) is 34.2 Å². The highest BCUT2D eigenvalue weighted by molar-refractivity contribution is 5.79. The SMILES string of the molecule is CCNC(=NCc1cc(C)ccc1OC(F)F)NCC(CCO)CC(C)C. The largest absolute Gasteiger partial charge is 0.434 e. The molecule has 0 radical (unpaired) electrons. The second-order valence-electron chi connectivity index (χ2n) is 7.07. The van der Waals surface area contributed by atoms with Gasteiger partial charge in [-0.05, 0) is 44.6 Å². The van der Waals surface area contributed by atoms with Gasteiger partial charge in [-0.3, -0.25) is 0 Å². The number of aliphatic hydroxyl groups is 1. The molecule has 0 aliphatic heterocycles. The monoisotopic (exact) mass is 385 g/mol. The van der Waals surface area contributed by atoms with Crippen LogP contribution in [0, 0.1) is 18.8 Å². The third-order valence-corrected chi connectivity index (χ3v) is 4.08. The summed E-state index contributed by atoms with van der Waals surface area (Å²) in [7, 11) is 0. The molecule has 0 saturated carbocycles. The molecule has 0 spiro atoms. The van der Waals surface area contributed by atoms with Crippen molar-refractivity contribution in [3.63, 3.8) is 0 Å². The van der Waals surface area contributed by atoms with Crippen molar-refractivity contribution in [3.8, 4) is 5.75 Å². The van der Waals surface area contributed by atoms with Gasteiger partial charge in [-0.15, -0.1) is 0 Å². The summed E-state index contributed by atoms with van der Waals surface area (Å²) in [5, 5.41) is 15.7. The van der Waals surface area contributed by atoms with E-state index in [1.807, 2.05) is 13.8 Å². The molecule has 1 unspecified atom stereocenters. The van der Waals surface area contributed by atoms with Gasteiger partial charge in [0, 0.05) is 25.3 Å². The van der Waals surface area contributed by atoms with Crippen molar-refractivity contribution in [1.29, 1.82) is 0 Å². The summed E-state index contributed by atoms with van der Waals surface area (Å²) >= 11 is 0. The molecule has 0 heterocycles. The smallest absolute Gasteiger partial charge is 0.387 e. The van der Waals surface area contributed by atoms with Crippen LogP contribution in [0.3, 0.4) is 0 Å². The summed E-state index contributed by atoms with van der Waals surface area (Å²) in [6.45, 7) is 7.09. The molecule has 0 fully saturated rings. The predicted octanol–water partition coefficient (Wildman–Crippen LogP) is 3.70. The van der Waals surface area contributed by atoms with Crippen LogP contribution in [0.2, 0.25) is 0 Å². The second kappa shape index (κ2) is 12.5. The Labute approximate surface area is 161 Å². The average molecular weight is 385 g/mol. The lowest BCUT2D eigenvalue weighted by Crippen LogP contribution is -2.40. The maximum Gasteiger partial charge on any atom is 0.387 e. The molecule has 3 N–H and O–H groups in total. The van der Waals surface area contributed by atoms with Crippen molar-refractivity contribution < 1.29 is 18.6 Å². The number of aliphatic imine (C=N–C) groups is 1. The number of aryl methyl sites for hydroxylation is 1. The van der Waals surface area contributed by atoms with Crippen LogP contribution in [0.1, 0.15) is 44.7 Å². The normalized spacial score (nSPS) is 13.1. The first-order chi connectivity index (χ1) is 12.8. The number of alkyl halides is 2. The van der Waals surface area contributed by atoms with E-state index in [0.717, 1.165) is 18.4 Å². The lowest BCUT2D eigenvalue weighted by Gasteiger charge is -2.20. The van der Waals surface area contributed by atoms with Crippen LogP contribution < -0.4 is 15.4 Å². The maximum atomic E-state index is 12.6. The topological polar surface area (TPSA) is 65.9 Å². The van der Waals surface area contributed by atoms with Crippen LogP contribution in [-0.4, -0.2) is 37.4 Å². The highest BCUT2D eigenvalue weighted by Gasteiger charge is 2.13. The van der Waals surface area contributed by atoms with Gasteiger partial charge in [0.15, 0.2) is 5.96 Å². The summed E-state index contributed by atoms with van der Waals surface area (Å²) in [6.07, 6.45) is 1.74. The number of rotatable bonds is 11. The van der Waals surface area contributed by atoms with E-state index in [9.17, 15) is 13.9 Å². The van der Waals surface area contributed by atoms with E-state index in [1.54, 1.807) is 18.2 Å². The summed E-state index contributed by atoms with van der Waals surface area (Å²) < 4.78 is 29.8. The Morgan fingerprint density at radius 1 is 1.26 bits per heavy atom. The first kappa shape index (κ1) is 23.1. The molecule has 0 aliphatic carbocycles. The fraction of sp³-hybridized carbons (Fsp3) is 0.650. The minimum absolute atomic E-state index is 0.146. The summed E-state index contributed by atoms with van der Waals surface area (Å²) in [5.74, 6) is 1.65. The first-order valence-electron chi connectivity index (χ1n) is 9.53. The number of nitrogens with one attached hydrogen (secondary N) is 2. The van der Waals surface area contributed by atoms with Gasteiger partial charge in [0.1, 0.15) is 5.75 Å². The third kappa shape index (κ3) is 9.56. The average Bonchev–Trinajstić information content (AvgIpc) is 2.58. The van der Waals surface area contributed by atoms with E-state index in [0.29, 0.717) is 36.4 Å². The van der Waals surface area contributed by atoms with Crippen LogP contribution >= 0.6 is 0 Å². The van der Waals surface area contributed by atoms with E-state index in [-0.39, 0.29) is 18.9 Å². The Morgan fingerprint density at radius 3 is 2.59 bits per heavy atom. The number of nitrogens with zero attached hydrogens (tertiary/aromatic N) is 1. The summed E-state index contributed by atoms with van der Waals surface area (Å²) in [4.78, 5) is 4.51. The number of hydrogen-bond donors (Lipinski definition) is 3. The Bertz CT molecular complexity index is 580. The second-order valence-corrected chi connectivity index (χ2v) is 7.07. The molecule has 1 atom stereocenters. The Morgan fingerprint density at radius 2 is 2.00 bits per heavy atom. The molecule has 0 amide bonds. The fourth-order valence-electron chi connectivity index (χ4n) is 2.94. The molecule has 1 rings (SSSR count). The van der Waals surface area contributed by atoms with Gasteiger partial charge in [0.25, 0.3) is 0 Å². The number of ether oxygens (including phenoxy) is 1. The minimum Gasteiger partial charge on any atom is -0.434 e. The van der Waals surface area contributed by atoms with Gasteiger partial charge in [-0.2, -0.15) is 8.78 Å². The van der Waals surface area contributed by atoms with Crippen LogP contribution in [0.25, 0.3) is 0 Å². The van der Waals surface area contributed by atoms with Gasteiger partial charge in [0.2, 0.25) is 0 Å². The standard InChI is InChI=1S/C20H33F2N3O2/c1-5-23-20(24-12-16(8-9-26)10-14(2)3)25-13-17-11-15(4)6-7-18(17)27-19(21)22/h6-7,11,14,16,19,26H,5,8-10,12-13H2,1-4H3,(H2,23,24,25). The van der Waals surface area contributed by atoms with Gasteiger partial charge in [0.05, 0.1) is 6.54 Å². The lowest BCUT2D eigenvalue weighted by atomic mass is 9.94. The molecule has 27 heavy (non-hydrogen) atoms. The van der Waals surface area contributed by atoms with Crippen molar-refractivity contribution in [1.82, 2.24) is 10.6 Å². The number of halogens is 2. The molecule has 154 valence electrons. The van der Waals surface area contributed by atoms with Crippen LogP contribution in [0.15, 0.2) is 23.2 Å². The van der Waals surface area contributed by atoms with Crippen LogP contribution in [0.4, 0.5) is 8.78 Å². The molecule has 5 nitrogen and oxygen atoms in total. The zero-order chi connectivity index (χ0) is 20.2. The van der Waals surface area contributed by atoms with E-state index in [1.165, 1.54) is 0 Å². The molecule has 1 aromatic rings. The molecule has 0 saturated heterocycles. The number of hydrogen-bond acceptors (Lipinski definition) is 3. The van der Waals surface area contributed by atoms with Crippen LogP contribution in [-0.2, 0) is 6.54 Å². The van der Waals surface area contributed by atoms with Gasteiger partial charge in [-0.1, -0.05) is 31.5 Å². The molecule has 0 aliphatic rings. The Kier molecular flexibility index (Phi) is 10.7. The highest BCUT2D eigenvalue weighted by atomic mass is 19.3. The van der Waals surface area contributed by atoms with Crippen molar-refractivity contribution in [2.75, 3.05) is 19.7 Å². The molecular formula is C20H33F2N3O2. The molecule has 7 heteroatoms. The number of guanidine groups is 1. The van der Waals surface area contributed by atoms with Gasteiger partial charge in [-0.25, -0.2) is 4.99 Å². The van der Waals surface area contributed by atoms with E-state index < -0.39 is 6.61 Å². The third-order valence-electron chi connectivity index (χ3n) is 4.08. The van der Waals surface area contributed by atoms with E-state index >= 15 is 0 Å². The lowest BCUT2D eigenvalue weighted by molar-refractivity contribution is -0.0504. The summed E-state index contributed by atoms with van der Waals surface area (Å²) in [6, 6.07) is 5.09. The minimum atomic E-state index is -2.86. The Balaban J connectivity index is 2.82. The number of benzene rings is 1. The first-order valence-corrected chi connectivity index (χ1v) is 9.53. The van der Waals surface area contributed by atoms with Crippen LogP contribution in [0.5, 0.6) is 5.75 Å². The van der Waals surface area contributed by atoms with Crippen molar-refractivity contribution >= 4 is 5.96 Å². The fourth-order valence-corrected chi connectivity index (χ4v) is 2.94. The highest BCUT2D eigenvalue weighted by Crippen LogP contribution is 2.23.